The molecule has 4 aliphatic heterocycles. The molecule has 26 heteroatoms. The third-order valence-corrected chi connectivity index (χ3v) is 12.4. The number of likely N-dealkylation sites (N-methyl/N-ethyl adjacent to an activating group) is 1. The number of thioether (sulfide) groups is 1. The summed E-state index contributed by atoms with van der Waals surface area (Å²) in [7, 11) is 3.86. The summed E-state index contributed by atoms with van der Waals surface area (Å²) >= 11 is 7.93. The van der Waals surface area contributed by atoms with Gasteiger partial charge in [0.2, 0.25) is 0 Å². The first-order valence-electron chi connectivity index (χ1n) is 17.4. The number of benzene rings is 1. The number of nitrogens with zero attached hydrogens (tertiary/aromatic N) is 9. The number of aldehydes is 1. The van der Waals surface area contributed by atoms with Crippen LogP contribution in [0.2, 0.25) is 5.02 Å². The van der Waals surface area contributed by atoms with Gasteiger partial charge in [-0.1, -0.05) is 16.8 Å². The second-order valence-electron chi connectivity index (χ2n) is 13.8. The maximum atomic E-state index is 13.8. The molecule has 4 unspecified atom stereocenters. The topological polar surface area (TPSA) is 295 Å². The molecule has 21 nitrogen and oxygen atoms in total. The number of rotatable bonds is 12. The van der Waals surface area contributed by atoms with Crippen LogP contribution in [0.1, 0.15) is 41.1 Å². The molecule has 4 aliphatic rings. The van der Waals surface area contributed by atoms with E-state index in [1.54, 1.807) is 11.9 Å². The average Bonchev–Trinajstić information content (AvgIpc) is 3.91. The third-order valence-electron chi connectivity index (χ3n) is 10.1. The van der Waals surface area contributed by atoms with Gasteiger partial charge in [-0.2, -0.15) is 0 Å². The van der Waals surface area contributed by atoms with E-state index in [2.05, 4.69) is 42.9 Å². The zero-order chi connectivity index (χ0) is 41.2. The van der Waals surface area contributed by atoms with Gasteiger partial charge in [0.1, 0.15) is 36.0 Å². The first-order chi connectivity index (χ1) is 27.1. The van der Waals surface area contributed by atoms with E-state index in [-0.39, 0.29) is 92.2 Å². The van der Waals surface area contributed by atoms with Crippen LogP contribution in [0.5, 0.6) is 11.5 Å². The number of piperazine rings is 1. The van der Waals surface area contributed by atoms with E-state index in [0.717, 1.165) is 73.0 Å². The number of β-lactam (4-membered cyclic amide) rings is 1. The SMILES string of the molecule is CN1CC[N+]2(CC3=C(c4nnnn4C)N4C(=O)C(NC(=O)/C(=N\O[C@@H](CC(=O)[O-])C(=O)[O-])c5csc(N)n5)C4SC3)CCCC2C1.O=Cc1cc(O)c(O)c(Cl)c1.[Na+].[Na+]. The van der Waals surface area contributed by atoms with E-state index in [1.807, 2.05) is 0 Å². The number of carboxylic acid groups (broad SMARTS) is 2. The molecule has 0 spiro atoms. The van der Waals surface area contributed by atoms with Crippen molar-refractivity contribution in [1.82, 2.24) is 40.3 Å². The fourth-order valence-corrected chi connectivity index (χ4v) is 9.41. The molecule has 2 aromatic heterocycles. The molecule has 2 amide bonds. The first kappa shape index (κ1) is 48.3. The van der Waals surface area contributed by atoms with Gasteiger partial charge < -0.3 is 50.4 Å². The summed E-state index contributed by atoms with van der Waals surface area (Å²) in [6.07, 6.45) is -0.272. The number of aromatic hydroxyl groups is 2. The maximum Gasteiger partial charge on any atom is 1.00 e. The Bertz CT molecular complexity index is 2140. The number of phenolic OH excluding ortho intramolecular Hbond substituents is 2. The molecule has 0 saturated carbocycles. The van der Waals surface area contributed by atoms with E-state index in [4.69, 9.17) is 32.4 Å². The number of nitrogen functional groups attached to an aromatic ring is 1. The number of hydrogen-bond donors (Lipinski definition) is 4. The number of thiazole rings is 1. The fraction of sp³-hybridized carbons (Fsp3) is 0.455. The van der Waals surface area contributed by atoms with Gasteiger partial charge >= 0.3 is 59.1 Å². The monoisotopic (exact) mass is 892 g/mol. The largest absolute Gasteiger partial charge is 1.00 e. The van der Waals surface area contributed by atoms with E-state index in [1.165, 1.54) is 27.9 Å². The number of carbonyl (C=O) groups is 5. The van der Waals surface area contributed by atoms with Gasteiger partial charge in [0.25, 0.3) is 11.8 Å². The van der Waals surface area contributed by atoms with Crippen LogP contribution >= 0.6 is 34.7 Å². The molecule has 3 fully saturated rings. The number of oxime groups is 1. The molecule has 5 atom stereocenters. The van der Waals surface area contributed by atoms with Crippen LogP contribution in [-0.2, 0) is 31.1 Å². The van der Waals surface area contributed by atoms with Crippen molar-refractivity contribution in [2.45, 2.75) is 42.8 Å². The van der Waals surface area contributed by atoms with E-state index in [0.29, 0.717) is 29.6 Å². The minimum atomic E-state index is -2.04. The van der Waals surface area contributed by atoms with Gasteiger partial charge in [0.05, 0.1) is 36.3 Å². The molecule has 59 heavy (non-hydrogen) atoms. The Labute approximate surface area is 394 Å². The number of phenols is 2. The molecule has 3 saturated heterocycles. The Morgan fingerprint density at radius 1 is 1.22 bits per heavy atom. The number of hydrogen-bond acceptors (Lipinski definition) is 19. The van der Waals surface area contributed by atoms with Gasteiger partial charge in [0.15, 0.2) is 34.3 Å². The number of nitrogens with one attached hydrogen (secondary N) is 1. The summed E-state index contributed by atoms with van der Waals surface area (Å²) < 4.78 is 2.49. The summed E-state index contributed by atoms with van der Waals surface area (Å²) in [5, 5.41) is 59.5. The number of aryl methyl sites for hydroxylation is 1. The Hall–Kier alpha value is -3.36. The standard InChI is InChI=1S/C26H33N11O7S2.C7H5ClO3.2Na/c1-34-5-7-37(6-3-4-14(37)9-34)10-13-11-45-24-19(23(41)36(24)20(13)21-30-32-33-35(21)2)29-22(40)18(15-12-46-26(27)28-15)31-44-16(25(42)43)8-17(38)39;8-5-1-4(3-9)2-6(10)7(5)11;;/h12,14,16,19,24H,3-11H2,1-2H3,(H4-,27,28,29,38,39,40,42,43);1-3,10-11H;;/q;;2*+1/p-1/b31-18-;;;/t14?,16-,19?,24?,37?;;;/m0.../s1. The number of halogens is 1. The van der Waals surface area contributed by atoms with Crippen molar-refractivity contribution in [2.24, 2.45) is 12.2 Å². The van der Waals surface area contributed by atoms with Gasteiger partial charge in [-0.3, -0.25) is 24.2 Å². The van der Waals surface area contributed by atoms with Gasteiger partial charge in [0, 0.05) is 61.1 Å². The van der Waals surface area contributed by atoms with Crippen molar-refractivity contribution < 1.29 is 113 Å². The third kappa shape index (κ3) is 10.6. The van der Waals surface area contributed by atoms with Crippen molar-refractivity contribution in [3.05, 3.63) is 45.2 Å². The molecule has 0 bridgehead atoms. The van der Waals surface area contributed by atoms with Crippen LogP contribution in [0, 0.1) is 0 Å². The van der Waals surface area contributed by atoms with E-state index in [9.17, 15) is 34.2 Å². The predicted octanol–water partition coefficient (Wildman–Crippen LogP) is -8.46. The Morgan fingerprint density at radius 3 is 2.58 bits per heavy atom. The number of quaternary nitrogens is 1. The Balaban J connectivity index is 0.000000515. The van der Waals surface area contributed by atoms with Crippen molar-refractivity contribution in [2.75, 3.05) is 51.3 Å². The fourth-order valence-electron chi connectivity index (χ4n) is 7.31. The molecular weight excluding hydrogens is 856 g/mol. The number of aromatic nitrogens is 5. The molecule has 7 rings (SSSR count). The van der Waals surface area contributed by atoms with E-state index >= 15 is 0 Å². The number of carboxylic acids is 2. The maximum absolute atomic E-state index is 13.8. The van der Waals surface area contributed by atoms with Crippen LogP contribution in [-0.4, -0.2) is 155 Å². The zero-order valence-corrected chi connectivity index (χ0v) is 38.8. The Kier molecular flexibility index (Phi) is 16.8. The Morgan fingerprint density at radius 2 is 1.97 bits per heavy atom. The molecular formula is C33H37ClN11Na2O10S2+. The number of tetrazole rings is 1. The van der Waals surface area contributed by atoms with Crippen molar-refractivity contribution in [3.8, 4) is 11.5 Å². The molecule has 0 radical (unpaired) electrons. The van der Waals surface area contributed by atoms with Crippen molar-refractivity contribution in [3.63, 3.8) is 0 Å². The smallest absolute Gasteiger partial charge is 0.550 e. The number of fused-ring (bicyclic) bond motifs is 2. The van der Waals surface area contributed by atoms with Crippen LogP contribution in [0.3, 0.4) is 0 Å². The number of anilines is 1. The number of carbonyl (C=O) groups excluding carboxylic acids is 5. The second-order valence-corrected chi connectivity index (χ2v) is 16.2. The van der Waals surface area contributed by atoms with Crippen LogP contribution in [0.25, 0.3) is 5.70 Å². The second kappa shape index (κ2) is 20.5. The van der Waals surface area contributed by atoms with Crippen LogP contribution in [0.4, 0.5) is 5.13 Å². The minimum absolute atomic E-state index is 0. The predicted molar refractivity (Wildman–Crippen MR) is 199 cm³/mol. The number of nitrogens with two attached hydrogens (primary N) is 1. The van der Waals surface area contributed by atoms with Crippen LogP contribution < -0.4 is 80.4 Å². The molecule has 0 aliphatic carbocycles. The van der Waals surface area contributed by atoms with Gasteiger partial charge in [-0.25, -0.2) is 9.67 Å². The normalized spacial score (nSPS) is 22.9. The zero-order valence-electron chi connectivity index (χ0n) is 32.4. The quantitative estimate of drug-likeness (QED) is 0.0250. The molecule has 1 aromatic carbocycles. The number of aliphatic carboxylic acids is 2. The summed E-state index contributed by atoms with van der Waals surface area (Å²) in [6, 6.07) is 1.93. The van der Waals surface area contributed by atoms with Crippen molar-refractivity contribution >= 4 is 81.3 Å². The summed E-state index contributed by atoms with van der Waals surface area (Å²) in [5.41, 5.74) is 7.12. The summed E-state index contributed by atoms with van der Waals surface area (Å²) in [5.74, 6) is -4.63. The van der Waals surface area contributed by atoms with Gasteiger partial charge in [-0.15, -0.1) is 28.2 Å². The van der Waals surface area contributed by atoms with Gasteiger partial charge in [-0.05, 0) is 29.6 Å². The molecule has 5 N–H and O–H groups in total. The minimum Gasteiger partial charge on any atom is -0.550 e. The summed E-state index contributed by atoms with van der Waals surface area (Å²) in [6.45, 7) is 4.87. The number of amides is 2. The van der Waals surface area contributed by atoms with Crippen molar-refractivity contribution in [1.29, 1.82) is 0 Å². The average molecular weight is 893 g/mol. The molecule has 6 heterocycles. The molecule has 3 aromatic rings. The first-order valence-corrected chi connectivity index (χ1v) is 19.7. The van der Waals surface area contributed by atoms with E-state index < -0.39 is 53.2 Å². The van der Waals surface area contributed by atoms with Crippen LogP contribution in [0.15, 0.2) is 28.2 Å². The summed E-state index contributed by atoms with van der Waals surface area (Å²) in [4.78, 5) is 72.7. The molecule has 304 valence electrons.